The van der Waals surface area contributed by atoms with Crippen LogP contribution >= 0.6 is 7.75 Å². The summed E-state index contributed by atoms with van der Waals surface area (Å²) in [5.74, 6) is 2.20. The molecule has 5 rings (SSSR count). The average Bonchev–Trinajstić information content (AvgIpc) is 3.62. The van der Waals surface area contributed by atoms with Crippen LogP contribution in [0.3, 0.4) is 0 Å². The van der Waals surface area contributed by atoms with Gasteiger partial charge in [0.1, 0.15) is 30.6 Å². The average molecular weight is 616 g/mol. The Labute approximate surface area is 247 Å². The zero-order valence-electron chi connectivity index (χ0n) is 23.8. The molecule has 0 bridgehead atoms. The number of nitrogen functional groups attached to an aromatic ring is 1. The second-order valence-corrected chi connectivity index (χ2v) is 12.4. The molecule has 1 aliphatic carbocycles. The van der Waals surface area contributed by atoms with Crippen LogP contribution in [0.15, 0.2) is 36.7 Å². The van der Waals surface area contributed by atoms with Crippen molar-refractivity contribution >= 4 is 36.6 Å². The first-order chi connectivity index (χ1) is 20.4. The highest BCUT2D eigenvalue weighted by Gasteiger charge is 2.56. The van der Waals surface area contributed by atoms with Crippen LogP contribution in [0.1, 0.15) is 39.8 Å². The van der Waals surface area contributed by atoms with Gasteiger partial charge in [0, 0.05) is 6.04 Å². The number of ether oxygens (including phenoxy) is 2. The zero-order valence-corrected chi connectivity index (χ0v) is 24.7. The van der Waals surface area contributed by atoms with Crippen molar-refractivity contribution < 1.29 is 38.1 Å². The van der Waals surface area contributed by atoms with Gasteiger partial charge in [-0.05, 0) is 45.7 Å². The van der Waals surface area contributed by atoms with E-state index in [1.54, 1.807) is 32.0 Å². The summed E-state index contributed by atoms with van der Waals surface area (Å²) in [7, 11) is -4.37. The van der Waals surface area contributed by atoms with Crippen LogP contribution in [0.4, 0.5) is 11.8 Å². The van der Waals surface area contributed by atoms with Gasteiger partial charge in [-0.15, -0.1) is 6.42 Å². The van der Waals surface area contributed by atoms with Gasteiger partial charge in [0.2, 0.25) is 5.95 Å². The molecule has 2 fully saturated rings. The molecule has 2 aromatic heterocycles. The first kappa shape index (κ1) is 30.7. The van der Waals surface area contributed by atoms with E-state index in [4.69, 9.17) is 30.7 Å². The summed E-state index contributed by atoms with van der Waals surface area (Å²) in [5, 5.41) is 28.0. The van der Waals surface area contributed by atoms with E-state index in [-0.39, 0.29) is 23.4 Å². The number of carbonyl (C=O) groups is 1. The van der Waals surface area contributed by atoms with E-state index in [2.05, 4.69) is 31.3 Å². The van der Waals surface area contributed by atoms with E-state index in [1.165, 1.54) is 30.0 Å². The quantitative estimate of drug-likeness (QED) is 0.112. The molecule has 1 saturated heterocycles. The highest BCUT2D eigenvalue weighted by Crippen LogP contribution is 2.48. The Morgan fingerprint density at radius 3 is 2.65 bits per heavy atom. The van der Waals surface area contributed by atoms with Gasteiger partial charge in [-0.25, -0.2) is 9.55 Å². The topological polar surface area (TPSA) is 205 Å². The number of aliphatic hydroxyl groups is 2. The van der Waals surface area contributed by atoms with Crippen molar-refractivity contribution in [1.29, 1.82) is 0 Å². The third-order valence-electron chi connectivity index (χ3n) is 6.77. The van der Waals surface area contributed by atoms with Gasteiger partial charge < -0.3 is 35.3 Å². The van der Waals surface area contributed by atoms with Crippen LogP contribution in [-0.4, -0.2) is 78.3 Å². The smallest absolute Gasteiger partial charge is 0.459 e. The maximum absolute atomic E-state index is 14.0. The van der Waals surface area contributed by atoms with Gasteiger partial charge in [0.15, 0.2) is 28.8 Å². The zero-order chi connectivity index (χ0) is 30.9. The number of benzene rings is 1. The molecule has 1 saturated carbocycles. The van der Waals surface area contributed by atoms with Crippen LogP contribution in [0.2, 0.25) is 0 Å². The number of aromatic nitrogens is 4. The van der Waals surface area contributed by atoms with Gasteiger partial charge >= 0.3 is 13.7 Å². The number of nitrogens with one attached hydrogen (secondary N) is 2. The van der Waals surface area contributed by atoms with Gasteiger partial charge in [0.05, 0.1) is 12.4 Å². The second kappa shape index (κ2) is 12.1. The third kappa shape index (κ3) is 6.59. The first-order valence-electron chi connectivity index (χ1n) is 13.7. The molecule has 0 amide bonds. The molecule has 0 radical (unpaired) electrons. The van der Waals surface area contributed by atoms with Crippen molar-refractivity contribution in [3.05, 3.63) is 36.7 Å². The number of nitrogens with zero attached hydrogens (tertiary/aromatic N) is 4. The number of hydrogen-bond donors (Lipinski definition) is 5. The monoisotopic (exact) mass is 615 g/mol. The normalized spacial score (nSPS) is 25.7. The van der Waals surface area contributed by atoms with Crippen molar-refractivity contribution in [2.45, 2.75) is 75.8 Å². The molecule has 0 spiro atoms. The van der Waals surface area contributed by atoms with E-state index >= 15 is 0 Å². The number of anilines is 2. The maximum Gasteiger partial charge on any atom is 0.459 e. The van der Waals surface area contributed by atoms with Crippen molar-refractivity contribution in [3.63, 3.8) is 0 Å². The fraction of sp³-hybridized carbons (Fsp3) is 0.481. The summed E-state index contributed by atoms with van der Waals surface area (Å²) in [4.78, 5) is 25.3. The number of nitrogens with two attached hydrogens (primary N) is 1. The minimum atomic E-state index is -4.37. The number of terminal acetylenes is 1. The lowest BCUT2D eigenvalue weighted by Gasteiger charge is -2.29. The molecule has 6 N–H and O–H groups in total. The lowest BCUT2D eigenvalue weighted by molar-refractivity contribution is -0.149. The predicted molar refractivity (Wildman–Crippen MR) is 155 cm³/mol. The number of esters is 1. The second-order valence-electron chi connectivity index (χ2n) is 10.7. The lowest BCUT2D eigenvalue weighted by Crippen LogP contribution is -2.46. The van der Waals surface area contributed by atoms with Gasteiger partial charge in [-0.3, -0.25) is 13.9 Å². The third-order valence-corrected chi connectivity index (χ3v) is 8.40. The Morgan fingerprint density at radius 1 is 1.28 bits per heavy atom. The number of rotatable bonds is 12. The van der Waals surface area contributed by atoms with Crippen molar-refractivity contribution in [1.82, 2.24) is 24.6 Å². The Balaban J connectivity index is 1.40. The maximum atomic E-state index is 14.0. The summed E-state index contributed by atoms with van der Waals surface area (Å²) >= 11 is 0. The molecule has 1 aliphatic heterocycles. The lowest BCUT2D eigenvalue weighted by atomic mass is 9.97. The summed E-state index contributed by atoms with van der Waals surface area (Å²) in [6.07, 6.45) is 4.14. The molecule has 1 unspecified atom stereocenters. The van der Waals surface area contributed by atoms with Crippen LogP contribution in [0.25, 0.3) is 11.2 Å². The molecule has 6 atom stereocenters. The largest absolute Gasteiger partial charge is 0.462 e. The fourth-order valence-corrected chi connectivity index (χ4v) is 5.97. The Hall–Kier alpha value is -3.77. The Kier molecular flexibility index (Phi) is 8.62. The summed E-state index contributed by atoms with van der Waals surface area (Å²) in [5.41, 5.74) is 4.55. The molecular formula is C27H34N7O8P. The van der Waals surface area contributed by atoms with E-state index in [1.807, 2.05) is 0 Å². The minimum Gasteiger partial charge on any atom is -0.462 e. The van der Waals surface area contributed by atoms with E-state index < -0.39 is 56.5 Å². The molecular weight excluding hydrogens is 581 g/mol. The fourth-order valence-electron chi connectivity index (χ4n) is 4.44. The number of para-hydroxylation sites is 1. The molecule has 43 heavy (non-hydrogen) atoms. The number of carbonyl (C=O) groups excluding carboxylic acids is 1. The van der Waals surface area contributed by atoms with Crippen LogP contribution in [0, 0.1) is 12.3 Å². The van der Waals surface area contributed by atoms with Crippen molar-refractivity contribution in [2.24, 2.45) is 0 Å². The highest BCUT2D eigenvalue weighted by molar-refractivity contribution is 7.52. The highest BCUT2D eigenvalue weighted by atomic mass is 31.2. The molecule has 3 aromatic rings. The molecule has 16 heteroatoms. The molecule has 15 nitrogen and oxygen atoms in total. The first-order valence-corrected chi connectivity index (χ1v) is 15.2. The van der Waals surface area contributed by atoms with E-state index in [0.29, 0.717) is 11.3 Å². The van der Waals surface area contributed by atoms with Crippen molar-refractivity contribution in [2.75, 3.05) is 17.7 Å². The van der Waals surface area contributed by atoms with E-state index in [9.17, 15) is 19.6 Å². The predicted octanol–water partition coefficient (Wildman–Crippen LogP) is 1.74. The molecule has 230 valence electrons. The number of imidazole rings is 1. The molecule has 2 aliphatic rings. The Morgan fingerprint density at radius 2 is 2.00 bits per heavy atom. The number of hydrogen-bond acceptors (Lipinski definition) is 13. The van der Waals surface area contributed by atoms with Crippen LogP contribution in [-0.2, 0) is 23.4 Å². The van der Waals surface area contributed by atoms with Gasteiger partial charge in [0.25, 0.3) is 0 Å². The van der Waals surface area contributed by atoms with Gasteiger partial charge in [-0.1, -0.05) is 24.1 Å². The van der Waals surface area contributed by atoms with Crippen LogP contribution in [0.5, 0.6) is 5.75 Å². The van der Waals surface area contributed by atoms with Gasteiger partial charge in [-0.2, -0.15) is 15.1 Å². The summed E-state index contributed by atoms with van der Waals surface area (Å²) in [6.45, 7) is 4.07. The molecule has 1 aromatic carbocycles. The number of aliphatic hydroxyl groups excluding tert-OH is 2. The summed E-state index contributed by atoms with van der Waals surface area (Å²) < 4.78 is 37.9. The number of fused-ring (bicyclic) bond motifs is 1. The SMILES string of the molecule is C#C[C@]1(CO[P@@](=O)(N[C@@H](C)C(=O)OC(C)C)Oc2ccccc2)O[C@@H](n2cnc3c(NC4CC4)nc(N)nc32)C(O)[C@H]1O. The Bertz CT molecular complexity index is 1560. The standard InChI is InChI=1S/C27H34N7O8P/c1-5-27(13-39-43(38,42-18-9-7-6-8-10-18)33-16(4)25(37)40-15(2)3)21(36)20(35)24(41-27)34-14-29-19-22(30-17-11-12-17)31-26(28)32-23(19)34/h1,6-10,14-17,20-21,24,35-36H,11-13H2,2-4H3,(H,33,38)(H3,28,30,31,32)/t16-,20?,21+,24+,27+,43-/m0/s1. The van der Waals surface area contributed by atoms with Crippen LogP contribution < -0.4 is 20.7 Å². The minimum absolute atomic E-state index is 0.0350. The van der Waals surface area contributed by atoms with E-state index in [0.717, 1.165) is 12.8 Å². The summed E-state index contributed by atoms with van der Waals surface area (Å²) in [6, 6.07) is 7.25. The molecule has 3 heterocycles. The van der Waals surface area contributed by atoms with Crippen molar-refractivity contribution in [3.8, 4) is 18.1 Å².